The fourth-order valence-corrected chi connectivity index (χ4v) is 1.15. The fourth-order valence-electron chi connectivity index (χ4n) is 1.02. The van der Waals surface area contributed by atoms with E-state index in [2.05, 4.69) is 9.99 Å². The number of oxime groups is 1. The minimum absolute atomic E-state index is 0.144. The van der Waals surface area contributed by atoms with Crippen LogP contribution >= 0.6 is 11.6 Å². The maximum Gasteiger partial charge on any atom is 0.182 e. The number of Topliss-reactive ketones (excluding diaryl/α,β-unsaturated/α-hetero) is 1. The van der Waals surface area contributed by atoms with E-state index >= 15 is 0 Å². The van der Waals surface area contributed by atoms with E-state index in [1.807, 2.05) is 0 Å². The first kappa shape index (κ1) is 10.7. The van der Waals surface area contributed by atoms with Crippen molar-refractivity contribution in [2.75, 3.05) is 7.11 Å². The van der Waals surface area contributed by atoms with Crippen LogP contribution in [-0.2, 0) is 9.63 Å². The first-order valence-corrected chi connectivity index (χ1v) is 4.41. The molecule has 0 heterocycles. The molecule has 0 saturated carbocycles. The van der Waals surface area contributed by atoms with Crippen molar-refractivity contribution in [3.8, 4) is 0 Å². The summed E-state index contributed by atoms with van der Waals surface area (Å²) in [6, 6.07) is 6.85. The van der Waals surface area contributed by atoms with Gasteiger partial charge < -0.3 is 4.84 Å². The van der Waals surface area contributed by atoms with Crippen LogP contribution in [0.25, 0.3) is 0 Å². The lowest BCUT2D eigenvalue weighted by Gasteiger charge is -2.01. The summed E-state index contributed by atoms with van der Waals surface area (Å²) in [6.07, 6.45) is 0. The van der Waals surface area contributed by atoms with Crippen molar-refractivity contribution in [1.82, 2.24) is 0 Å². The predicted molar refractivity (Wildman–Crippen MR) is 55.7 cm³/mol. The third-order valence-electron chi connectivity index (χ3n) is 1.63. The van der Waals surface area contributed by atoms with Gasteiger partial charge in [-0.2, -0.15) is 0 Å². The minimum Gasteiger partial charge on any atom is -0.399 e. The molecule has 1 rings (SSSR count). The lowest BCUT2D eigenvalue weighted by atomic mass is 10.1. The molecule has 0 fully saturated rings. The van der Waals surface area contributed by atoms with E-state index in [1.165, 1.54) is 14.0 Å². The van der Waals surface area contributed by atoms with Crippen LogP contribution in [-0.4, -0.2) is 18.6 Å². The van der Waals surface area contributed by atoms with Crippen molar-refractivity contribution < 1.29 is 9.63 Å². The summed E-state index contributed by atoms with van der Waals surface area (Å²) in [5, 5.41) is 4.27. The zero-order valence-corrected chi connectivity index (χ0v) is 8.71. The SMILES string of the molecule is CO/N=C(\C(C)=O)c1ccc(Cl)cc1. The summed E-state index contributed by atoms with van der Waals surface area (Å²) in [5.74, 6) is -0.144. The van der Waals surface area contributed by atoms with Gasteiger partial charge in [-0.1, -0.05) is 28.9 Å². The Morgan fingerprint density at radius 1 is 1.36 bits per heavy atom. The first-order chi connectivity index (χ1) is 6.65. The molecular weight excluding hydrogens is 202 g/mol. The molecule has 3 nitrogen and oxygen atoms in total. The molecular formula is C10H10ClNO2. The van der Waals surface area contributed by atoms with E-state index in [9.17, 15) is 4.79 Å². The molecule has 0 aliphatic heterocycles. The van der Waals surface area contributed by atoms with E-state index in [1.54, 1.807) is 24.3 Å². The van der Waals surface area contributed by atoms with Gasteiger partial charge in [-0.15, -0.1) is 0 Å². The normalized spacial score (nSPS) is 11.2. The molecule has 0 aliphatic carbocycles. The summed E-state index contributed by atoms with van der Waals surface area (Å²) in [7, 11) is 1.40. The van der Waals surface area contributed by atoms with Crippen LogP contribution in [0.4, 0.5) is 0 Å². The fraction of sp³-hybridized carbons (Fsp3) is 0.200. The molecule has 0 unspecified atom stereocenters. The van der Waals surface area contributed by atoms with Crippen LogP contribution in [0, 0.1) is 0 Å². The molecule has 0 radical (unpaired) electrons. The van der Waals surface area contributed by atoms with Crippen molar-refractivity contribution in [3.05, 3.63) is 34.9 Å². The number of benzene rings is 1. The number of nitrogens with zero attached hydrogens (tertiary/aromatic N) is 1. The Bertz CT molecular complexity index is 357. The maximum atomic E-state index is 11.2. The van der Waals surface area contributed by atoms with Crippen LogP contribution in [0.5, 0.6) is 0 Å². The largest absolute Gasteiger partial charge is 0.399 e. The number of hydrogen-bond acceptors (Lipinski definition) is 3. The van der Waals surface area contributed by atoms with E-state index < -0.39 is 0 Å². The number of hydrogen-bond donors (Lipinski definition) is 0. The second-order valence-corrected chi connectivity index (χ2v) is 3.12. The highest BCUT2D eigenvalue weighted by atomic mass is 35.5. The standard InChI is InChI=1S/C10H10ClNO2/c1-7(13)10(12-14-2)8-3-5-9(11)6-4-8/h3-6H,1-2H3/b12-10+. The molecule has 0 N–H and O–H groups in total. The van der Waals surface area contributed by atoms with Gasteiger partial charge in [0, 0.05) is 17.5 Å². The van der Waals surface area contributed by atoms with Gasteiger partial charge in [-0.3, -0.25) is 4.79 Å². The third-order valence-corrected chi connectivity index (χ3v) is 1.89. The number of halogens is 1. The molecule has 0 atom stereocenters. The Morgan fingerprint density at radius 2 is 1.93 bits per heavy atom. The Hall–Kier alpha value is -1.35. The highest BCUT2D eigenvalue weighted by molar-refractivity contribution is 6.45. The van der Waals surface area contributed by atoms with E-state index in [0.717, 1.165) is 0 Å². The van der Waals surface area contributed by atoms with Gasteiger partial charge in [0.2, 0.25) is 0 Å². The van der Waals surface area contributed by atoms with Crippen molar-refractivity contribution in [2.45, 2.75) is 6.92 Å². The molecule has 74 valence electrons. The van der Waals surface area contributed by atoms with Crippen LogP contribution in [0.3, 0.4) is 0 Å². The van der Waals surface area contributed by atoms with Crippen LogP contribution in [0.2, 0.25) is 5.02 Å². The van der Waals surface area contributed by atoms with E-state index in [-0.39, 0.29) is 5.78 Å². The van der Waals surface area contributed by atoms with Gasteiger partial charge in [-0.05, 0) is 12.1 Å². The minimum atomic E-state index is -0.144. The Kier molecular flexibility index (Phi) is 3.65. The predicted octanol–water partition coefficient (Wildman–Crippen LogP) is 2.28. The zero-order chi connectivity index (χ0) is 10.6. The topological polar surface area (TPSA) is 38.7 Å². The van der Waals surface area contributed by atoms with Crippen LogP contribution in [0.1, 0.15) is 12.5 Å². The second kappa shape index (κ2) is 4.77. The van der Waals surface area contributed by atoms with E-state index in [4.69, 9.17) is 11.6 Å². The Labute approximate surface area is 87.3 Å². The Morgan fingerprint density at radius 3 is 2.36 bits per heavy atom. The summed E-state index contributed by atoms with van der Waals surface area (Å²) >= 11 is 5.72. The highest BCUT2D eigenvalue weighted by Crippen LogP contribution is 2.10. The summed E-state index contributed by atoms with van der Waals surface area (Å²) < 4.78 is 0. The van der Waals surface area contributed by atoms with Gasteiger partial charge in [0.05, 0.1) is 0 Å². The number of ketones is 1. The van der Waals surface area contributed by atoms with E-state index in [0.29, 0.717) is 16.3 Å². The molecule has 0 saturated heterocycles. The molecule has 14 heavy (non-hydrogen) atoms. The van der Waals surface area contributed by atoms with Gasteiger partial charge in [0.15, 0.2) is 11.5 Å². The van der Waals surface area contributed by atoms with Crippen molar-refractivity contribution in [3.63, 3.8) is 0 Å². The van der Waals surface area contributed by atoms with Crippen molar-refractivity contribution in [1.29, 1.82) is 0 Å². The quantitative estimate of drug-likeness (QED) is 0.568. The van der Waals surface area contributed by atoms with Gasteiger partial charge in [0.25, 0.3) is 0 Å². The number of carbonyl (C=O) groups excluding carboxylic acids is 1. The highest BCUT2D eigenvalue weighted by Gasteiger charge is 2.09. The molecule has 0 bridgehead atoms. The monoisotopic (exact) mass is 211 g/mol. The van der Waals surface area contributed by atoms with Crippen LogP contribution in [0.15, 0.2) is 29.4 Å². The van der Waals surface area contributed by atoms with Gasteiger partial charge in [-0.25, -0.2) is 0 Å². The molecule has 1 aromatic carbocycles. The summed E-state index contributed by atoms with van der Waals surface area (Å²) in [4.78, 5) is 15.8. The first-order valence-electron chi connectivity index (χ1n) is 4.03. The molecule has 0 aliphatic rings. The Balaban J connectivity index is 3.06. The lowest BCUT2D eigenvalue weighted by molar-refractivity contribution is -0.111. The molecule has 4 heteroatoms. The average molecular weight is 212 g/mol. The summed E-state index contributed by atoms with van der Waals surface area (Å²) in [5.41, 5.74) is 0.993. The third kappa shape index (κ3) is 2.57. The molecule has 0 amide bonds. The summed E-state index contributed by atoms with van der Waals surface area (Å²) in [6.45, 7) is 1.44. The zero-order valence-electron chi connectivity index (χ0n) is 7.95. The number of carbonyl (C=O) groups is 1. The van der Waals surface area contributed by atoms with Crippen LogP contribution < -0.4 is 0 Å². The average Bonchev–Trinajstić information content (AvgIpc) is 2.15. The smallest absolute Gasteiger partial charge is 0.182 e. The molecule has 0 spiro atoms. The second-order valence-electron chi connectivity index (χ2n) is 2.69. The van der Waals surface area contributed by atoms with Crippen molar-refractivity contribution >= 4 is 23.1 Å². The lowest BCUT2D eigenvalue weighted by Crippen LogP contribution is -2.11. The molecule has 0 aromatic heterocycles. The van der Waals surface area contributed by atoms with Gasteiger partial charge >= 0.3 is 0 Å². The molecule has 1 aromatic rings. The van der Waals surface area contributed by atoms with Crippen molar-refractivity contribution in [2.24, 2.45) is 5.16 Å². The van der Waals surface area contributed by atoms with Gasteiger partial charge in [0.1, 0.15) is 7.11 Å². The number of rotatable bonds is 3. The maximum absolute atomic E-state index is 11.2.